The van der Waals surface area contributed by atoms with Gasteiger partial charge in [0.05, 0.1) is 6.61 Å². The van der Waals surface area contributed by atoms with Crippen LogP contribution in [0.2, 0.25) is 0 Å². The first kappa shape index (κ1) is 27.8. The van der Waals surface area contributed by atoms with Gasteiger partial charge in [-0.25, -0.2) is 19.2 Å². The first-order chi connectivity index (χ1) is 19.8. The van der Waals surface area contributed by atoms with Crippen LogP contribution >= 0.6 is 0 Å². The monoisotopic (exact) mass is 565 g/mol. The summed E-state index contributed by atoms with van der Waals surface area (Å²) in [6, 6.07) is 7.83. The predicted molar refractivity (Wildman–Crippen MR) is 139 cm³/mol. The van der Waals surface area contributed by atoms with Crippen LogP contribution in [0, 0.1) is 0 Å². The van der Waals surface area contributed by atoms with Gasteiger partial charge in [0.2, 0.25) is 11.6 Å². The molecule has 0 radical (unpaired) electrons. The fourth-order valence-corrected chi connectivity index (χ4v) is 4.57. The first-order valence-electron chi connectivity index (χ1n) is 13.1. The molecule has 0 amide bonds. The van der Waals surface area contributed by atoms with Crippen molar-refractivity contribution in [3.05, 3.63) is 65.8 Å². The zero-order chi connectivity index (χ0) is 28.8. The quantitative estimate of drug-likeness (QED) is 0.286. The number of aliphatic imine (C=N–C) groups is 1. The van der Waals surface area contributed by atoms with E-state index < -0.39 is 52.9 Å². The molecular weight excluding hydrogens is 538 g/mol. The molecule has 1 spiro atoms. The molecule has 13 heteroatoms. The molecule has 0 saturated carbocycles. The molecule has 214 valence electrons. The largest absolute Gasteiger partial charge is 0.494 e. The van der Waals surface area contributed by atoms with Crippen molar-refractivity contribution in [2.24, 2.45) is 4.99 Å². The van der Waals surface area contributed by atoms with Gasteiger partial charge in [-0.3, -0.25) is 14.7 Å². The van der Waals surface area contributed by atoms with Crippen molar-refractivity contribution in [3.8, 4) is 5.75 Å². The van der Waals surface area contributed by atoms with Gasteiger partial charge in [-0.05, 0) is 43.6 Å². The molecule has 4 aliphatic heterocycles. The lowest BCUT2D eigenvalue weighted by Gasteiger charge is -2.35. The number of carbonyl (C=O) groups is 5. The van der Waals surface area contributed by atoms with Gasteiger partial charge in [-0.15, -0.1) is 0 Å². The average molecular weight is 566 g/mol. The second-order valence-electron chi connectivity index (χ2n) is 9.50. The number of carbonyl (C=O) groups excluding carboxylic acids is 5. The van der Waals surface area contributed by atoms with Gasteiger partial charge in [-0.1, -0.05) is 18.6 Å². The smallest absolute Gasteiger partial charge is 0.385 e. The number of rotatable bonds is 7. The normalized spacial score (nSPS) is 22.4. The Morgan fingerprint density at radius 1 is 0.878 bits per heavy atom. The number of ketones is 1. The molecule has 5 rings (SSSR count). The van der Waals surface area contributed by atoms with E-state index in [1.165, 1.54) is 19.3 Å². The van der Waals surface area contributed by atoms with Crippen molar-refractivity contribution in [2.45, 2.75) is 38.0 Å². The van der Waals surface area contributed by atoms with Crippen molar-refractivity contribution in [1.29, 1.82) is 0 Å². The minimum absolute atomic E-state index is 0.0175. The molecule has 0 aromatic heterocycles. The van der Waals surface area contributed by atoms with E-state index in [0.717, 1.165) is 49.5 Å². The SMILES string of the molecule is O=C1C=CC(=O)OC2(O1)C(=O)C1=C(NC2=NCCCOc2cccc(CN3CCCCC3)c2)OC(=O)/C=C\C(=O)O1. The summed E-state index contributed by atoms with van der Waals surface area (Å²) >= 11 is 0. The standard InChI is InChI=1S/C28H27N3O10/c32-20-8-9-21(33)39-26-24(38-20)25(36)28(40-22(34)10-11-23(35)41-28)27(30-26)29-12-5-15-37-19-7-4-6-18(16-19)17-31-13-2-1-3-14-31/h4,6-11,16H,1-3,5,12-15,17H2,(H,29,30)/b9-8-. The number of ether oxygens (including phenoxy) is 5. The third-order valence-electron chi connectivity index (χ3n) is 6.45. The predicted octanol–water partition coefficient (Wildman–Crippen LogP) is 1.19. The van der Waals surface area contributed by atoms with E-state index in [1.54, 1.807) is 0 Å². The Labute approximate surface area is 234 Å². The van der Waals surface area contributed by atoms with Crippen molar-refractivity contribution >= 4 is 35.5 Å². The molecule has 41 heavy (non-hydrogen) atoms. The number of nitrogens with zero attached hydrogens (tertiary/aromatic N) is 2. The highest BCUT2D eigenvalue weighted by Gasteiger charge is 2.59. The van der Waals surface area contributed by atoms with Crippen LogP contribution in [0.25, 0.3) is 0 Å². The summed E-state index contributed by atoms with van der Waals surface area (Å²) in [7, 11) is 0. The number of benzene rings is 1. The highest BCUT2D eigenvalue weighted by molar-refractivity contribution is 6.22. The second-order valence-corrected chi connectivity index (χ2v) is 9.50. The number of hydrogen-bond acceptors (Lipinski definition) is 12. The van der Waals surface area contributed by atoms with E-state index in [-0.39, 0.29) is 13.2 Å². The molecular formula is C28H27N3O10. The Hall–Kier alpha value is -4.78. The number of hydrogen-bond donors (Lipinski definition) is 1. The average Bonchev–Trinajstić information content (AvgIpc) is 3.10. The van der Waals surface area contributed by atoms with Gasteiger partial charge >= 0.3 is 29.7 Å². The molecule has 1 aromatic rings. The lowest BCUT2D eigenvalue weighted by molar-refractivity contribution is -0.200. The summed E-state index contributed by atoms with van der Waals surface area (Å²) in [5.74, 6) is -9.45. The van der Waals surface area contributed by atoms with Gasteiger partial charge in [0, 0.05) is 43.8 Å². The minimum Gasteiger partial charge on any atom is -0.494 e. The van der Waals surface area contributed by atoms with Crippen LogP contribution in [-0.4, -0.2) is 72.4 Å². The number of amidine groups is 1. The van der Waals surface area contributed by atoms with Gasteiger partial charge in [0.15, 0.2) is 5.84 Å². The Balaban J connectivity index is 1.29. The summed E-state index contributed by atoms with van der Waals surface area (Å²) in [6.45, 7) is 3.29. The van der Waals surface area contributed by atoms with Crippen molar-refractivity contribution in [1.82, 2.24) is 10.2 Å². The van der Waals surface area contributed by atoms with E-state index in [9.17, 15) is 24.0 Å². The van der Waals surface area contributed by atoms with Crippen molar-refractivity contribution in [2.75, 3.05) is 26.2 Å². The van der Waals surface area contributed by atoms with Crippen LogP contribution in [0.5, 0.6) is 5.75 Å². The molecule has 1 aromatic carbocycles. The fraction of sp³-hybridized carbons (Fsp3) is 0.357. The Morgan fingerprint density at radius 3 is 2.29 bits per heavy atom. The van der Waals surface area contributed by atoms with Crippen LogP contribution in [0.15, 0.2) is 65.2 Å². The molecule has 0 bridgehead atoms. The number of piperidine rings is 1. The lowest BCUT2D eigenvalue weighted by atomic mass is 10.0. The van der Waals surface area contributed by atoms with Crippen LogP contribution < -0.4 is 10.1 Å². The summed E-state index contributed by atoms with van der Waals surface area (Å²) < 4.78 is 26.3. The molecule has 1 fully saturated rings. The van der Waals surface area contributed by atoms with E-state index in [4.69, 9.17) is 23.7 Å². The summed E-state index contributed by atoms with van der Waals surface area (Å²) in [6.07, 6.45) is 7.11. The van der Waals surface area contributed by atoms with E-state index in [0.29, 0.717) is 12.2 Å². The van der Waals surface area contributed by atoms with Crippen molar-refractivity contribution < 1.29 is 47.7 Å². The number of nitrogens with one attached hydrogen (secondary N) is 1. The summed E-state index contributed by atoms with van der Waals surface area (Å²) in [5, 5.41) is 2.52. The minimum atomic E-state index is -2.74. The molecule has 0 unspecified atom stereocenters. The van der Waals surface area contributed by atoms with Gasteiger partial charge < -0.3 is 29.0 Å². The van der Waals surface area contributed by atoms with E-state index >= 15 is 0 Å². The van der Waals surface area contributed by atoms with Gasteiger partial charge in [0.1, 0.15) is 5.75 Å². The van der Waals surface area contributed by atoms with Crippen LogP contribution in [0.1, 0.15) is 31.2 Å². The topological polar surface area (TPSA) is 159 Å². The Bertz CT molecular complexity index is 1370. The maximum atomic E-state index is 13.5. The lowest BCUT2D eigenvalue weighted by Crippen LogP contribution is -2.62. The van der Waals surface area contributed by atoms with Crippen LogP contribution in [0.3, 0.4) is 0 Å². The maximum absolute atomic E-state index is 13.5. The fourth-order valence-electron chi connectivity index (χ4n) is 4.57. The number of esters is 4. The first-order valence-corrected chi connectivity index (χ1v) is 13.1. The number of likely N-dealkylation sites (tertiary alicyclic amines) is 1. The van der Waals surface area contributed by atoms with E-state index in [1.807, 2.05) is 18.2 Å². The molecule has 1 N–H and O–H groups in total. The molecule has 0 atom stereocenters. The van der Waals surface area contributed by atoms with Gasteiger partial charge in [-0.2, -0.15) is 0 Å². The van der Waals surface area contributed by atoms with Gasteiger partial charge in [0.25, 0.3) is 5.78 Å². The van der Waals surface area contributed by atoms with Crippen LogP contribution in [0.4, 0.5) is 0 Å². The third kappa shape index (κ3) is 6.52. The molecule has 4 aliphatic rings. The van der Waals surface area contributed by atoms with E-state index in [2.05, 4.69) is 21.3 Å². The molecule has 0 aliphatic carbocycles. The summed E-state index contributed by atoms with van der Waals surface area (Å²) in [4.78, 5) is 68.7. The molecule has 1 saturated heterocycles. The zero-order valence-electron chi connectivity index (χ0n) is 22.0. The Morgan fingerprint density at radius 2 is 1.56 bits per heavy atom. The summed E-state index contributed by atoms with van der Waals surface area (Å²) in [5.41, 5.74) is 1.15. The Kier molecular flexibility index (Phi) is 8.24. The molecule has 4 heterocycles. The molecule has 13 nitrogen and oxygen atoms in total. The second kappa shape index (κ2) is 12.2. The highest BCUT2D eigenvalue weighted by atomic mass is 16.7. The highest BCUT2D eigenvalue weighted by Crippen LogP contribution is 2.31. The van der Waals surface area contributed by atoms with Crippen LogP contribution in [-0.2, 0) is 49.5 Å². The third-order valence-corrected chi connectivity index (χ3v) is 6.45. The van der Waals surface area contributed by atoms with Crippen molar-refractivity contribution in [3.63, 3.8) is 0 Å². The maximum Gasteiger partial charge on any atom is 0.385 e. The number of Topliss-reactive ketones (excluding diaryl/α,β-unsaturated/α-hetero) is 1. The zero-order valence-corrected chi connectivity index (χ0v) is 22.0.